The Kier molecular flexibility index (Phi) is 5.91. The van der Waals surface area contributed by atoms with Crippen LogP contribution in [0.5, 0.6) is 5.75 Å². The summed E-state index contributed by atoms with van der Waals surface area (Å²) >= 11 is 5.79. The molecular formula is C7H10ClN3O4. The maximum Gasteiger partial charge on any atom is 0.291 e. The number of hydrogen-bond donors (Lipinski definition) is 3. The number of hydrogen-bond acceptors (Lipinski definition) is 5. The van der Waals surface area contributed by atoms with E-state index in [4.69, 9.17) is 37.5 Å². The van der Waals surface area contributed by atoms with Gasteiger partial charge in [-0.15, -0.1) is 10.1 Å². The molecule has 84 valence electrons. The minimum Gasteiger partial charge on any atom is -0.494 e. The summed E-state index contributed by atoms with van der Waals surface area (Å²) in [7, 11) is 1.56. The minimum atomic E-state index is -1.50. The van der Waals surface area contributed by atoms with Crippen molar-refractivity contribution in [2.75, 3.05) is 12.5 Å². The molecule has 0 amide bonds. The Balaban J connectivity index is 0.000000423. The number of anilines is 1. The lowest BCUT2D eigenvalue weighted by Gasteiger charge is -2.07. The molecule has 0 saturated carbocycles. The first kappa shape index (κ1) is 13.3. The molecule has 4 N–H and O–H groups in total. The van der Waals surface area contributed by atoms with Gasteiger partial charge in [0.2, 0.25) is 0 Å². The Labute approximate surface area is 90.5 Å². The normalized spacial score (nSPS) is 8.47. The highest BCUT2D eigenvalue weighted by molar-refractivity contribution is 6.33. The summed E-state index contributed by atoms with van der Waals surface area (Å²) in [6.07, 6.45) is 0. The van der Waals surface area contributed by atoms with Gasteiger partial charge in [-0.3, -0.25) is 5.84 Å². The van der Waals surface area contributed by atoms with E-state index < -0.39 is 5.09 Å². The van der Waals surface area contributed by atoms with Crippen LogP contribution in [0.4, 0.5) is 5.69 Å². The highest BCUT2D eigenvalue weighted by Gasteiger charge is 2.03. The lowest BCUT2D eigenvalue weighted by Crippen LogP contribution is -2.08. The maximum absolute atomic E-state index is 8.36. The fourth-order valence-corrected chi connectivity index (χ4v) is 1.03. The van der Waals surface area contributed by atoms with Crippen LogP contribution in [0.1, 0.15) is 0 Å². The van der Waals surface area contributed by atoms with E-state index >= 15 is 0 Å². The van der Waals surface area contributed by atoms with Gasteiger partial charge in [-0.2, -0.15) is 0 Å². The summed E-state index contributed by atoms with van der Waals surface area (Å²) < 4.78 is 4.99. The zero-order valence-corrected chi connectivity index (χ0v) is 8.56. The molecule has 0 spiro atoms. The van der Waals surface area contributed by atoms with Crippen molar-refractivity contribution < 1.29 is 15.0 Å². The average molecular weight is 236 g/mol. The van der Waals surface area contributed by atoms with E-state index in [0.29, 0.717) is 16.5 Å². The van der Waals surface area contributed by atoms with Crippen LogP contribution in [-0.2, 0) is 0 Å². The predicted octanol–water partition coefficient (Wildman–Crippen LogP) is 1.29. The zero-order chi connectivity index (χ0) is 11.8. The van der Waals surface area contributed by atoms with E-state index in [1.807, 2.05) is 0 Å². The van der Waals surface area contributed by atoms with Crippen molar-refractivity contribution in [1.82, 2.24) is 0 Å². The summed E-state index contributed by atoms with van der Waals surface area (Å²) in [5.41, 5.74) is 3.07. The third-order valence-corrected chi connectivity index (χ3v) is 1.65. The molecule has 1 aromatic carbocycles. The number of para-hydroxylation sites is 1. The van der Waals surface area contributed by atoms with Crippen molar-refractivity contribution in [3.05, 3.63) is 33.3 Å². The Morgan fingerprint density at radius 2 is 2.20 bits per heavy atom. The lowest BCUT2D eigenvalue weighted by atomic mass is 10.3. The van der Waals surface area contributed by atoms with Crippen molar-refractivity contribution in [2.24, 2.45) is 5.84 Å². The fraction of sp³-hybridized carbons (Fsp3) is 0.143. The number of methoxy groups -OCH3 is 1. The maximum atomic E-state index is 8.36. The molecule has 0 atom stereocenters. The molecule has 8 heteroatoms. The number of ether oxygens (including phenoxy) is 1. The SMILES string of the molecule is COc1cccc(Cl)c1NN.O=[N+]([O-])O. The average Bonchev–Trinajstić information content (AvgIpc) is 2.16. The van der Waals surface area contributed by atoms with Gasteiger partial charge in [0, 0.05) is 0 Å². The van der Waals surface area contributed by atoms with Crippen molar-refractivity contribution in [1.29, 1.82) is 0 Å². The quantitative estimate of drug-likeness (QED) is 0.405. The Morgan fingerprint density at radius 1 is 1.67 bits per heavy atom. The number of hydrazine groups is 1. The van der Waals surface area contributed by atoms with Crippen LogP contribution < -0.4 is 16.0 Å². The first-order chi connectivity index (χ1) is 7.02. The molecule has 0 saturated heterocycles. The van der Waals surface area contributed by atoms with Gasteiger partial charge < -0.3 is 15.4 Å². The van der Waals surface area contributed by atoms with E-state index in [2.05, 4.69) is 5.43 Å². The van der Waals surface area contributed by atoms with Gasteiger partial charge in [-0.1, -0.05) is 17.7 Å². The zero-order valence-electron chi connectivity index (χ0n) is 7.81. The molecular weight excluding hydrogens is 226 g/mol. The van der Waals surface area contributed by atoms with E-state index in [0.717, 1.165) is 0 Å². The van der Waals surface area contributed by atoms with Crippen molar-refractivity contribution in [3.8, 4) is 5.75 Å². The molecule has 1 aromatic rings. The molecule has 7 nitrogen and oxygen atoms in total. The molecule has 0 unspecified atom stereocenters. The summed E-state index contributed by atoms with van der Waals surface area (Å²) in [6, 6.07) is 5.31. The molecule has 0 bridgehead atoms. The molecule has 0 radical (unpaired) electrons. The van der Waals surface area contributed by atoms with E-state index in [9.17, 15) is 0 Å². The first-order valence-electron chi connectivity index (χ1n) is 3.65. The molecule has 15 heavy (non-hydrogen) atoms. The summed E-state index contributed by atoms with van der Waals surface area (Å²) in [5, 5.41) is 14.2. The van der Waals surface area contributed by atoms with E-state index in [1.165, 1.54) is 0 Å². The summed E-state index contributed by atoms with van der Waals surface area (Å²) in [6.45, 7) is 0. The van der Waals surface area contributed by atoms with E-state index in [1.54, 1.807) is 25.3 Å². The van der Waals surface area contributed by atoms with Gasteiger partial charge in [-0.25, -0.2) is 0 Å². The van der Waals surface area contributed by atoms with Crippen molar-refractivity contribution in [3.63, 3.8) is 0 Å². The number of halogens is 1. The van der Waals surface area contributed by atoms with Crippen LogP contribution in [0.3, 0.4) is 0 Å². The van der Waals surface area contributed by atoms with Gasteiger partial charge in [-0.05, 0) is 12.1 Å². The molecule has 0 aliphatic rings. The number of rotatable bonds is 2. The third-order valence-electron chi connectivity index (χ3n) is 1.34. The Bertz CT molecular complexity index is 330. The number of benzene rings is 1. The molecule has 0 heterocycles. The standard InChI is InChI=1S/C7H9ClN2O.HNO3/c1-11-6-4-2-3-5(8)7(6)10-9;2-1(3)4/h2-4,10H,9H2,1H3;(H,2,3,4). The second-order valence-corrected chi connectivity index (χ2v) is 2.61. The van der Waals surface area contributed by atoms with Gasteiger partial charge >= 0.3 is 0 Å². The van der Waals surface area contributed by atoms with Crippen molar-refractivity contribution in [2.45, 2.75) is 0 Å². The molecule has 0 aliphatic carbocycles. The highest BCUT2D eigenvalue weighted by Crippen LogP contribution is 2.30. The van der Waals surface area contributed by atoms with Crippen LogP contribution in [-0.4, -0.2) is 17.4 Å². The highest BCUT2D eigenvalue weighted by atomic mass is 35.5. The topological polar surface area (TPSA) is 111 Å². The molecule has 0 fully saturated rings. The number of nitrogen functional groups attached to an aromatic ring is 1. The smallest absolute Gasteiger partial charge is 0.291 e. The number of nitrogens with zero attached hydrogens (tertiary/aromatic N) is 1. The predicted molar refractivity (Wildman–Crippen MR) is 54.6 cm³/mol. The number of nitrogens with one attached hydrogen (secondary N) is 1. The van der Waals surface area contributed by atoms with Gasteiger partial charge in [0.15, 0.2) is 0 Å². The first-order valence-corrected chi connectivity index (χ1v) is 4.03. The van der Waals surface area contributed by atoms with E-state index in [-0.39, 0.29) is 0 Å². The Morgan fingerprint density at radius 3 is 2.53 bits per heavy atom. The van der Waals surface area contributed by atoms with Gasteiger partial charge in [0.1, 0.15) is 11.4 Å². The van der Waals surface area contributed by atoms with Crippen LogP contribution in [0.2, 0.25) is 5.02 Å². The molecule has 1 rings (SSSR count). The largest absolute Gasteiger partial charge is 0.494 e. The minimum absolute atomic E-state index is 0.548. The lowest BCUT2D eigenvalue weighted by molar-refractivity contribution is -0.742. The van der Waals surface area contributed by atoms with Crippen LogP contribution in [0, 0.1) is 10.1 Å². The summed E-state index contributed by atoms with van der Waals surface area (Å²) in [5.74, 6) is 5.85. The number of nitrogens with two attached hydrogens (primary N) is 1. The fourth-order valence-electron chi connectivity index (χ4n) is 0.815. The van der Waals surface area contributed by atoms with Crippen molar-refractivity contribution >= 4 is 17.3 Å². The van der Waals surface area contributed by atoms with Gasteiger partial charge in [0.05, 0.1) is 12.1 Å². The second kappa shape index (κ2) is 6.68. The van der Waals surface area contributed by atoms with Crippen LogP contribution in [0.15, 0.2) is 18.2 Å². The van der Waals surface area contributed by atoms with Gasteiger partial charge in [0.25, 0.3) is 5.09 Å². The van der Waals surface area contributed by atoms with Crippen LogP contribution >= 0.6 is 11.6 Å². The Hall–Kier alpha value is -1.73. The summed E-state index contributed by atoms with van der Waals surface area (Å²) in [4.78, 5) is 8.36. The monoisotopic (exact) mass is 235 g/mol. The third kappa shape index (κ3) is 4.89. The second-order valence-electron chi connectivity index (χ2n) is 2.20. The molecule has 0 aromatic heterocycles. The molecule has 0 aliphatic heterocycles. The van der Waals surface area contributed by atoms with Crippen LogP contribution in [0.25, 0.3) is 0 Å².